The smallest absolute Gasteiger partial charge is 0.257 e. The zero-order valence-electron chi connectivity index (χ0n) is 20.9. The van der Waals surface area contributed by atoms with Gasteiger partial charge in [0.1, 0.15) is 17.6 Å². The maximum atomic E-state index is 13.3. The molecule has 7 heteroatoms. The van der Waals surface area contributed by atoms with Crippen molar-refractivity contribution < 1.29 is 13.9 Å². The number of aryl methyl sites for hydroxylation is 1. The largest absolute Gasteiger partial charge is 0.469 e. The molecule has 7 nitrogen and oxygen atoms in total. The van der Waals surface area contributed by atoms with Gasteiger partial charge in [-0.15, -0.1) is 0 Å². The number of anilines is 1. The number of hydrogen-bond acceptors (Lipinski definition) is 6. The standard InChI is InChI=1S/C27H34N4O3/c1-16(2)23-14-30(9-10-31(23)26(32)19-8-11-33-17(19)3)25-21(13-28)20-12-27(4,5)34-15-22(20)24(29-25)18-6-7-18/h8,11,16,18,23H,6-7,9-10,12,14-15H2,1-5H3/t23-/m0/s1. The first kappa shape index (κ1) is 22.9. The number of rotatable bonds is 4. The van der Waals surface area contributed by atoms with Gasteiger partial charge in [-0.25, -0.2) is 4.98 Å². The molecule has 2 fully saturated rings. The summed E-state index contributed by atoms with van der Waals surface area (Å²) >= 11 is 0. The van der Waals surface area contributed by atoms with Gasteiger partial charge in [0.25, 0.3) is 5.91 Å². The molecule has 1 saturated carbocycles. The third-order valence-corrected chi connectivity index (χ3v) is 7.55. The molecule has 2 aromatic rings. The van der Waals surface area contributed by atoms with Crippen molar-refractivity contribution >= 4 is 11.7 Å². The van der Waals surface area contributed by atoms with Crippen molar-refractivity contribution in [3.63, 3.8) is 0 Å². The Hall–Kier alpha value is -2.85. The van der Waals surface area contributed by atoms with Crippen molar-refractivity contribution in [3.8, 4) is 6.07 Å². The molecule has 3 aliphatic rings. The third kappa shape index (κ3) is 3.98. The van der Waals surface area contributed by atoms with E-state index in [0.717, 1.165) is 35.5 Å². The number of fused-ring (bicyclic) bond motifs is 1. The maximum absolute atomic E-state index is 13.3. The summed E-state index contributed by atoms with van der Waals surface area (Å²) in [7, 11) is 0. The van der Waals surface area contributed by atoms with E-state index in [1.165, 1.54) is 0 Å². The molecule has 2 aromatic heterocycles. The van der Waals surface area contributed by atoms with Crippen LogP contribution in [0.25, 0.3) is 0 Å². The Morgan fingerprint density at radius 2 is 2.03 bits per heavy atom. The summed E-state index contributed by atoms with van der Waals surface area (Å²) in [6.45, 7) is 12.7. The van der Waals surface area contributed by atoms with Gasteiger partial charge in [-0.2, -0.15) is 5.26 Å². The highest BCUT2D eigenvalue weighted by atomic mass is 16.5. The van der Waals surface area contributed by atoms with Crippen LogP contribution in [0.5, 0.6) is 0 Å². The van der Waals surface area contributed by atoms with E-state index in [9.17, 15) is 10.1 Å². The number of hydrogen-bond donors (Lipinski definition) is 0. The van der Waals surface area contributed by atoms with E-state index in [-0.39, 0.29) is 23.5 Å². The molecule has 180 valence electrons. The Kier molecular flexibility index (Phi) is 5.68. The molecule has 1 aliphatic carbocycles. The SMILES string of the molecule is Cc1occc1C(=O)N1CCN(c2nc(C3CC3)c3c(c2C#N)CC(C)(C)OC3)C[C@H]1C(C)C. The van der Waals surface area contributed by atoms with Crippen LogP contribution in [0, 0.1) is 24.2 Å². The Bertz CT molecular complexity index is 1160. The van der Waals surface area contributed by atoms with Crippen molar-refractivity contribution in [2.45, 2.75) is 78.0 Å². The lowest BCUT2D eigenvalue weighted by atomic mass is 9.87. The average molecular weight is 463 g/mol. The Morgan fingerprint density at radius 3 is 2.65 bits per heavy atom. The van der Waals surface area contributed by atoms with E-state index in [4.69, 9.17) is 14.1 Å². The van der Waals surface area contributed by atoms with E-state index in [2.05, 4.69) is 38.7 Å². The molecule has 1 atom stereocenters. The number of carbonyl (C=O) groups excluding carboxylic acids is 1. The summed E-state index contributed by atoms with van der Waals surface area (Å²) in [6, 6.07) is 4.27. The molecule has 1 saturated heterocycles. The van der Waals surface area contributed by atoms with Crippen LogP contribution in [0.2, 0.25) is 0 Å². The fourth-order valence-corrected chi connectivity index (χ4v) is 5.41. The first-order valence-corrected chi connectivity index (χ1v) is 12.4. The van der Waals surface area contributed by atoms with Gasteiger partial charge in [0.05, 0.1) is 41.3 Å². The third-order valence-electron chi connectivity index (χ3n) is 7.55. The van der Waals surface area contributed by atoms with Gasteiger partial charge in [0.2, 0.25) is 0 Å². The number of nitrogens with zero attached hydrogens (tertiary/aromatic N) is 4. The van der Waals surface area contributed by atoms with Crippen molar-refractivity contribution in [2.75, 3.05) is 24.5 Å². The molecule has 5 rings (SSSR count). The topological polar surface area (TPSA) is 82.6 Å². The van der Waals surface area contributed by atoms with Crippen LogP contribution in [0.4, 0.5) is 5.82 Å². The zero-order valence-corrected chi connectivity index (χ0v) is 20.9. The molecule has 0 bridgehead atoms. The minimum Gasteiger partial charge on any atom is -0.469 e. The average Bonchev–Trinajstić information content (AvgIpc) is 3.56. The highest BCUT2D eigenvalue weighted by molar-refractivity contribution is 5.95. The summed E-state index contributed by atoms with van der Waals surface area (Å²) in [6.07, 6.45) is 4.58. The van der Waals surface area contributed by atoms with Crippen LogP contribution in [0.1, 0.15) is 85.0 Å². The fraction of sp³-hybridized carbons (Fsp3) is 0.593. The van der Waals surface area contributed by atoms with Crippen molar-refractivity contribution in [2.24, 2.45) is 5.92 Å². The second kappa shape index (κ2) is 8.42. The molecular weight excluding hydrogens is 428 g/mol. The number of furan rings is 1. The van der Waals surface area contributed by atoms with Crippen LogP contribution in [0.3, 0.4) is 0 Å². The van der Waals surface area contributed by atoms with Crippen LogP contribution in [-0.4, -0.2) is 47.1 Å². The summed E-state index contributed by atoms with van der Waals surface area (Å²) in [4.78, 5) is 22.7. The highest BCUT2D eigenvalue weighted by Gasteiger charge is 2.39. The second-order valence-electron chi connectivity index (χ2n) is 10.9. The number of ether oxygens (including phenoxy) is 1. The Labute approximate surface area is 201 Å². The minimum absolute atomic E-state index is 0.0149. The predicted octanol–water partition coefficient (Wildman–Crippen LogP) is 4.57. The number of amides is 1. The monoisotopic (exact) mass is 462 g/mol. The Morgan fingerprint density at radius 1 is 1.26 bits per heavy atom. The molecule has 0 aromatic carbocycles. The first-order valence-electron chi connectivity index (χ1n) is 12.4. The fourth-order valence-electron chi connectivity index (χ4n) is 5.41. The van der Waals surface area contributed by atoms with E-state index >= 15 is 0 Å². The summed E-state index contributed by atoms with van der Waals surface area (Å²) in [5.74, 6) is 2.19. The lowest BCUT2D eigenvalue weighted by Gasteiger charge is -2.44. The van der Waals surface area contributed by atoms with E-state index in [1.807, 2.05) is 11.8 Å². The molecule has 0 spiro atoms. The minimum atomic E-state index is -0.300. The number of piperazine rings is 1. The van der Waals surface area contributed by atoms with Gasteiger partial charge in [-0.05, 0) is 51.2 Å². The van der Waals surface area contributed by atoms with Crippen molar-refractivity contribution in [1.82, 2.24) is 9.88 Å². The van der Waals surface area contributed by atoms with E-state index in [1.54, 1.807) is 12.3 Å². The number of carbonyl (C=O) groups is 1. The second-order valence-corrected chi connectivity index (χ2v) is 10.9. The molecular formula is C27H34N4O3. The van der Waals surface area contributed by atoms with Gasteiger partial charge in [-0.1, -0.05) is 13.8 Å². The highest BCUT2D eigenvalue weighted by Crippen LogP contribution is 2.46. The number of nitriles is 1. The summed E-state index contributed by atoms with van der Waals surface area (Å²) in [5.41, 5.74) is 4.37. The van der Waals surface area contributed by atoms with Crippen LogP contribution in [0.15, 0.2) is 16.7 Å². The van der Waals surface area contributed by atoms with Gasteiger partial charge >= 0.3 is 0 Å². The summed E-state index contributed by atoms with van der Waals surface area (Å²) < 4.78 is 11.5. The molecule has 1 amide bonds. The normalized spacial score (nSPS) is 22.0. The first-order chi connectivity index (χ1) is 16.2. The van der Waals surface area contributed by atoms with Gasteiger partial charge in [0, 0.05) is 37.5 Å². The number of aromatic nitrogens is 1. The lowest BCUT2D eigenvalue weighted by molar-refractivity contribution is -0.0407. The molecule has 0 radical (unpaired) electrons. The van der Waals surface area contributed by atoms with Crippen molar-refractivity contribution in [1.29, 1.82) is 5.26 Å². The molecule has 34 heavy (non-hydrogen) atoms. The van der Waals surface area contributed by atoms with Crippen LogP contribution >= 0.6 is 0 Å². The predicted molar refractivity (Wildman–Crippen MR) is 129 cm³/mol. The van der Waals surface area contributed by atoms with Gasteiger partial charge < -0.3 is 19.0 Å². The van der Waals surface area contributed by atoms with Crippen LogP contribution in [-0.2, 0) is 17.8 Å². The van der Waals surface area contributed by atoms with Crippen LogP contribution < -0.4 is 4.90 Å². The molecule has 0 N–H and O–H groups in total. The molecule has 4 heterocycles. The zero-order chi connectivity index (χ0) is 24.2. The summed E-state index contributed by atoms with van der Waals surface area (Å²) in [5, 5.41) is 10.3. The lowest BCUT2D eigenvalue weighted by Crippen LogP contribution is -2.57. The van der Waals surface area contributed by atoms with Gasteiger partial charge in [-0.3, -0.25) is 4.79 Å². The maximum Gasteiger partial charge on any atom is 0.257 e. The number of pyridine rings is 1. The molecule has 0 unspecified atom stereocenters. The molecule has 2 aliphatic heterocycles. The quantitative estimate of drug-likeness (QED) is 0.662. The van der Waals surface area contributed by atoms with Crippen molar-refractivity contribution in [3.05, 3.63) is 46.0 Å². The van der Waals surface area contributed by atoms with E-state index in [0.29, 0.717) is 55.5 Å². The Balaban J connectivity index is 1.51. The van der Waals surface area contributed by atoms with Gasteiger partial charge in [0.15, 0.2) is 0 Å². The van der Waals surface area contributed by atoms with E-state index < -0.39 is 0 Å².